The normalized spacial score (nSPS) is 12.4. The van der Waals surface area contributed by atoms with Crippen molar-refractivity contribution in [3.05, 3.63) is 42.0 Å². The molecule has 21 heavy (non-hydrogen) atoms. The van der Waals surface area contributed by atoms with E-state index >= 15 is 0 Å². The van der Waals surface area contributed by atoms with Crippen molar-refractivity contribution >= 4 is 16.7 Å². The zero-order valence-corrected chi connectivity index (χ0v) is 12.7. The van der Waals surface area contributed by atoms with Crippen molar-refractivity contribution in [2.24, 2.45) is 5.73 Å². The highest BCUT2D eigenvalue weighted by atomic mass is 16.5. The van der Waals surface area contributed by atoms with Gasteiger partial charge in [0.15, 0.2) is 6.61 Å². The Hall–Kier alpha value is -2.07. The number of hydrogen-bond donors (Lipinski definition) is 2. The molecule has 112 valence electrons. The summed E-state index contributed by atoms with van der Waals surface area (Å²) in [6, 6.07) is 11.9. The molecule has 0 aromatic heterocycles. The van der Waals surface area contributed by atoms with Gasteiger partial charge in [-0.05, 0) is 26.2 Å². The van der Waals surface area contributed by atoms with Crippen LogP contribution >= 0.6 is 0 Å². The van der Waals surface area contributed by atoms with Gasteiger partial charge in [0, 0.05) is 23.0 Å². The van der Waals surface area contributed by atoms with E-state index in [2.05, 4.69) is 5.32 Å². The molecule has 0 heterocycles. The topological polar surface area (TPSA) is 64.3 Å². The molecule has 0 aliphatic carbocycles. The van der Waals surface area contributed by atoms with E-state index in [1.54, 1.807) is 0 Å². The molecule has 2 rings (SSSR count). The molecular weight excluding hydrogens is 264 g/mol. The molecule has 1 atom stereocenters. The lowest BCUT2D eigenvalue weighted by molar-refractivity contribution is -0.123. The summed E-state index contributed by atoms with van der Waals surface area (Å²) in [4.78, 5) is 11.8. The van der Waals surface area contributed by atoms with Crippen molar-refractivity contribution in [2.75, 3.05) is 6.61 Å². The molecule has 1 amide bonds. The van der Waals surface area contributed by atoms with Gasteiger partial charge in [-0.2, -0.15) is 0 Å². The van der Waals surface area contributed by atoms with E-state index in [0.29, 0.717) is 5.75 Å². The first kappa shape index (κ1) is 15.3. The first-order valence-corrected chi connectivity index (χ1v) is 7.18. The smallest absolute Gasteiger partial charge is 0.258 e. The van der Waals surface area contributed by atoms with Crippen molar-refractivity contribution in [2.45, 2.75) is 32.9 Å². The second kappa shape index (κ2) is 6.59. The Kier molecular flexibility index (Phi) is 4.81. The van der Waals surface area contributed by atoms with Crippen LogP contribution in [0, 0.1) is 0 Å². The van der Waals surface area contributed by atoms with Gasteiger partial charge < -0.3 is 15.8 Å². The molecule has 3 N–H and O–H groups in total. The molecule has 0 radical (unpaired) electrons. The first-order chi connectivity index (χ1) is 9.99. The van der Waals surface area contributed by atoms with Crippen molar-refractivity contribution in [1.29, 1.82) is 0 Å². The lowest BCUT2D eigenvalue weighted by atomic mass is 10.0. The third kappa shape index (κ3) is 3.73. The second-order valence-corrected chi connectivity index (χ2v) is 5.50. The third-order valence-electron chi connectivity index (χ3n) is 3.20. The number of carbonyl (C=O) groups is 1. The molecule has 0 fully saturated rings. The summed E-state index contributed by atoms with van der Waals surface area (Å²) in [7, 11) is 0. The van der Waals surface area contributed by atoms with Gasteiger partial charge in [0.25, 0.3) is 5.91 Å². The maximum Gasteiger partial charge on any atom is 0.258 e. The number of amides is 1. The van der Waals surface area contributed by atoms with Gasteiger partial charge in [-0.15, -0.1) is 0 Å². The average molecular weight is 286 g/mol. The van der Waals surface area contributed by atoms with Gasteiger partial charge in [-0.25, -0.2) is 0 Å². The van der Waals surface area contributed by atoms with Gasteiger partial charge in [0.05, 0.1) is 0 Å². The molecule has 0 aliphatic rings. The van der Waals surface area contributed by atoms with E-state index in [1.807, 2.05) is 57.2 Å². The largest absolute Gasteiger partial charge is 0.483 e. The molecular formula is C17H22N2O2. The maximum atomic E-state index is 11.8. The van der Waals surface area contributed by atoms with Gasteiger partial charge >= 0.3 is 0 Å². The molecule has 0 unspecified atom stereocenters. The zero-order valence-electron chi connectivity index (χ0n) is 12.7. The standard InChI is InChI=1S/C17H22N2O2/c1-11(2)19-16(20)10-21-17-14(12(3)18)9-8-13-6-4-5-7-15(13)17/h4-9,11-12H,10,18H2,1-3H3,(H,19,20)/t12-/m0/s1. The Morgan fingerprint density at radius 2 is 1.90 bits per heavy atom. The lowest BCUT2D eigenvalue weighted by Crippen LogP contribution is -2.34. The summed E-state index contributed by atoms with van der Waals surface area (Å²) in [5.41, 5.74) is 6.92. The van der Waals surface area contributed by atoms with Crippen LogP contribution in [-0.4, -0.2) is 18.6 Å². The van der Waals surface area contributed by atoms with Crippen LogP contribution in [0.25, 0.3) is 10.8 Å². The minimum atomic E-state index is -0.155. The molecule has 2 aromatic rings. The van der Waals surface area contributed by atoms with Gasteiger partial charge in [-0.1, -0.05) is 36.4 Å². The van der Waals surface area contributed by atoms with Crippen molar-refractivity contribution < 1.29 is 9.53 Å². The second-order valence-electron chi connectivity index (χ2n) is 5.50. The van der Waals surface area contributed by atoms with Crippen molar-refractivity contribution in [3.63, 3.8) is 0 Å². The molecule has 0 bridgehead atoms. The fraction of sp³-hybridized carbons (Fsp3) is 0.353. The van der Waals surface area contributed by atoms with Crippen LogP contribution in [0.5, 0.6) is 5.75 Å². The molecule has 0 aliphatic heterocycles. The maximum absolute atomic E-state index is 11.8. The van der Waals surface area contributed by atoms with Gasteiger partial charge in [-0.3, -0.25) is 4.79 Å². The SMILES string of the molecule is CC(C)NC(=O)COc1c([C@H](C)N)ccc2ccccc12. The number of fused-ring (bicyclic) bond motifs is 1. The van der Waals surface area contributed by atoms with E-state index in [0.717, 1.165) is 16.3 Å². The Labute approximate surface area is 125 Å². The summed E-state index contributed by atoms with van der Waals surface area (Å²) in [5, 5.41) is 4.86. The number of nitrogens with two attached hydrogens (primary N) is 1. The van der Waals surface area contributed by atoms with Gasteiger partial charge in [0.2, 0.25) is 0 Å². The highest BCUT2D eigenvalue weighted by Crippen LogP contribution is 2.32. The van der Waals surface area contributed by atoms with Crippen LogP contribution < -0.4 is 15.8 Å². The summed E-state index contributed by atoms with van der Waals surface area (Å²) >= 11 is 0. The number of ether oxygens (including phenoxy) is 1. The summed E-state index contributed by atoms with van der Waals surface area (Å²) in [5.74, 6) is 0.565. The quantitative estimate of drug-likeness (QED) is 0.888. The van der Waals surface area contributed by atoms with Crippen molar-refractivity contribution in [1.82, 2.24) is 5.32 Å². The lowest BCUT2D eigenvalue weighted by Gasteiger charge is -2.17. The monoisotopic (exact) mass is 286 g/mol. The Balaban J connectivity index is 2.31. The highest BCUT2D eigenvalue weighted by Gasteiger charge is 2.14. The molecule has 4 nitrogen and oxygen atoms in total. The average Bonchev–Trinajstić information content (AvgIpc) is 2.43. The van der Waals surface area contributed by atoms with E-state index in [-0.39, 0.29) is 24.6 Å². The predicted molar refractivity (Wildman–Crippen MR) is 85.3 cm³/mol. The van der Waals surface area contributed by atoms with Crippen LogP contribution in [0.3, 0.4) is 0 Å². The summed E-state index contributed by atoms with van der Waals surface area (Å²) in [6.07, 6.45) is 0. The van der Waals surface area contributed by atoms with E-state index in [9.17, 15) is 4.79 Å². The fourth-order valence-corrected chi connectivity index (χ4v) is 2.28. The van der Waals surface area contributed by atoms with Crippen molar-refractivity contribution in [3.8, 4) is 5.75 Å². The number of benzene rings is 2. The Morgan fingerprint density at radius 1 is 1.19 bits per heavy atom. The first-order valence-electron chi connectivity index (χ1n) is 7.18. The van der Waals surface area contributed by atoms with Crippen LogP contribution in [0.2, 0.25) is 0 Å². The zero-order chi connectivity index (χ0) is 15.4. The number of carbonyl (C=O) groups excluding carboxylic acids is 1. The van der Waals surface area contributed by atoms with Crippen LogP contribution in [-0.2, 0) is 4.79 Å². The minimum absolute atomic E-state index is 0.00803. The number of hydrogen-bond acceptors (Lipinski definition) is 3. The van der Waals surface area contributed by atoms with E-state index in [4.69, 9.17) is 10.5 Å². The molecule has 4 heteroatoms. The van der Waals surface area contributed by atoms with Crippen LogP contribution in [0.1, 0.15) is 32.4 Å². The highest BCUT2D eigenvalue weighted by molar-refractivity contribution is 5.90. The Bertz CT molecular complexity index is 636. The molecule has 0 saturated heterocycles. The van der Waals surface area contributed by atoms with E-state index < -0.39 is 0 Å². The van der Waals surface area contributed by atoms with Crippen LogP contribution in [0.4, 0.5) is 0 Å². The van der Waals surface area contributed by atoms with Crippen LogP contribution in [0.15, 0.2) is 36.4 Å². The summed E-state index contributed by atoms with van der Waals surface area (Å²) < 4.78 is 5.78. The Morgan fingerprint density at radius 3 is 2.57 bits per heavy atom. The third-order valence-corrected chi connectivity index (χ3v) is 3.20. The molecule has 2 aromatic carbocycles. The molecule has 0 saturated carbocycles. The number of nitrogens with one attached hydrogen (secondary N) is 1. The van der Waals surface area contributed by atoms with Gasteiger partial charge in [0.1, 0.15) is 5.75 Å². The number of rotatable bonds is 5. The summed E-state index contributed by atoms with van der Waals surface area (Å²) in [6.45, 7) is 5.74. The predicted octanol–water partition coefficient (Wildman–Crippen LogP) is 2.76. The fourth-order valence-electron chi connectivity index (χ4n) is 2.28. The molecule has 0 spiro atoms. The van der Waals surface area contributed by atoms with E-state index in [1.165, 1.54) is 0 Å². The minimum Gasteiger partial charge on any atom is -0.483 e.